The number of nitrogen functional groups attached to an aromatic ring is 1. The van der Waals surface area contributed by atoms with Crippen LogP contribution in [0.25, 0.3) is 10.2 Å². The SMILES string of the molecule is COc1ccc(C(=O)Nc2c(C)cc3nc(NN)sc3c2C)cc1. The van der Waals surface area contributed by atoms with Gasteiger partial charge in [-0.1, -0.05) is 11.3 Å². The number of carbonyl (C=O) groups excluding carboxylic acids is 1. The molecule has 0 aliphatic rings. The average molecular weight is 342 g/mol. The number of aryl methyl sites for hydroxylation is 2. The van der Waals surface area contributed by atoms with Gasteiger partial charge < -0.3 is 10.1 Å². The summed E-state index contributed by atoms with van der Waals surface area (Å²) >= 11 is 1.46. The number of thiazole rings is 1. The van der Waals surface area contributed by atoms with Crippen molar-refractivity contribution >= 4 is 38.3 Å². The molecular formula is C17H18N4O2S. The predicted octanol–water partition coefficient (Wildman–Crippen LogP) is 3.46. The van der Waals surface area contributed by atoms with E-state index in [4.69, 9.17) is 10.6 Å². The fourth-order valence-corrected chi connectivity index (χ4v) is 3.43. The summed E-state index contributed by atoms with van der Waals surface area (Å²) in [6, 6.07) is 8.95. The molecule has 0 spiro atoms. The molecule has 24 heavy (non-hydrogen) atoms. The zero-order valence-corrected chi connectivity index (χ0v) is 14.5. The van der Waals surface area contributed by atoms with Crippen LogP contribution in [0.15, 0.2) is 30.3 Å². The Bertz CT molecular complexity index is 903. The van der Waals surface area contributed by atoms with E-state index in [-0.39, 0.29) is 5.91 Å². The molecule has 0 aliphatic carbocycles. The molecule has 6 nitrogen and oxygen atoms in total. The van der Waals surface area contributed by atoms with Crippen molar-refractivity contribution in [3.8, 4) is 5.75 Å². The first kappa shape index (κ1) is 16.2. The summed E-state index contributed by atoms with van der Waals surface area (Å²) in [6.07, 6.45) is 0. The van der Waals surface area contributed by atoms with Crippen LogP contribution >= 0.6 is 11.3 Å². The molecule has 0 atom stereocenters. The number of fused-ring (bicyclic) bond motifs is 1. The quantitative estimate of drug-likeness (QED) is 0.499. The Morgan fingerprint density at radius 2 is 1.96 bits per heavy atom. The van der Waals surface area contributed by atoms with Crippen LogP contribution in [-0.4, -0.2) is 18.0 Å². The van der Waals surface area contributed by atoms with Crippen molar-refractivity contribution in [3.63, 3.8) is 0 Å². The summed E-state index contributed by atoms with van der Waals surface area (Å²) in [6.45, 7) is 3.92. The zero-order valence-electron chi connectivity index (χ0n) is 13.6. The van der Waals surface area contributed by atoms with Crippen LogP contribution in [0.4, 0.5) is 10.8 Å². The number of hydrogen-bond donors (Lipinski definition) is 3. The van der Waals surface area contributed by atoms with E-state index >= 15 is 0 Å². The van der Waals surface area contributed by atoms with Crippen molar-refractivity contribution in [2.45, 2.75) is 13.8 Å². The first-order valence-corrected chi connectivity index (χ1v) is 8.18. The molecule has 0 unspecified atom stereocenters. The van der Waals surface area contributed by atoms with Crippen molar-refractivity contribution in [2.75, 3.05) is 17.9 Å². The molecule has 1 heterocycles. The van der Waals surface area contributed by atoms with Gasteiger partial charge in [-0.3, -0.25) is 10.2 Å². The molecule has 1 amide bonds. The summed E-state index contributed by atoms with van der Waals surface area (Å²) in [7, 11) is 1.59. The Morgan fingerprint density at radius 1 is 1.25 bits per heavy atom. The van der Waals surface area contributed by atoms with Gasteiger partial charge in [0, 0.05) is 11.3 Å². The van der Waals surface area contributed by atoms with Crippen molar-refractivity contribution in [1.29, 1.82) is 0 Å². The molecule has 0 saturated carbocycles. The number of aromatic nitrogens is 1. The monoisotopic (exact) mass is 342 g/mol. The van der Waals surface area contributed by atoms with Crippen LogP contribution in [0.1, 0.15) is 21.5 Å². The number of nitrogens with one attached hydrogen (secondary N) is 2. The molecule has 0 radical (unpaired) electrons. The number of hydrazine groups is 1. The molecular weight excluding hydrogens is 324 g/mol. The standard InChI is InChI=1S/C17H18N4O2S/c1-9-8-13-15(24-17(19-13)21-18)10(2)14(9)20-16(22)11-4-6-12(23-3)7-5-11/h4-8H,18H2,1-3H3,(H,19,21)(H,20,22). The second kappa shape index (κ2) is 6.46. The van der Waals surface area contributed by atoms with E-state index in [1.54, 1.807) is 31.4 Å². The minimum absolute atomic E-state index is 0.162. The molecule has 3 aromatic rings. The Morgan fingerprint density at radius 3 is 2.58 bits per heavy atom. The first-order valence-electron chi connectivity index (χ1n) is 7.36. The van der Waals surface area contributed by atoms with Crippen LogP contribution in [0.2, 0.25) is 0 Å². The van der Waals surface area contributed by atoms with E-state index in [0.717, 1.165) is 27.0 Å². The van der Waals surface area contributed by atoms with E-state index in [1.807, 2.05) is 19.9 Å². The number of rotatable bonds is 4. The second-order valence-corrected chi connectivity index (χ2v) is 6.39. The summed E-state index contributed by atoms with van der Waals surface area (Å²) in [5.74, 6) is 5.99. The maximum atomic E-state index is 12.5. The topological polar surface area (TPSA) is 89.3 Å². The van der Waals surface area contributed by atoms with E-state index in [2.05, 4.69) is 15.7 Å². The lowest BCUT2D eigenvalue weighted by atomic mass is 10.1. The lowest BCUT2D eigenvalue weighted by Gasteiger charge is -2.12. The molecule has 3 rings (SSSR count). The van der Waals surface area contributed by atoms with Gasteiger partial charge in [-0.2, -0.15) is 0 Å². The Labute approximate surface area is 143 Å². The number of ether oxygens (including phenoxy) is 1. The van der Waals surface area contributed by atoms with Gasteiger partial charge in [0.05, 0.1) is 17.3 Å². The number of benzene rings is 2. The number of methoxy groups -OCH3 is 1. The Balaban J connectivity index is 1.94. The van der Waals surface area contributed by atoms with Gasteiger partial charge in [-0.05, 0) is 55.3 Å². The van der Waals surface area contributed by atoms with E-state index in [0.29, 0.717) is 16.4 Å². The van der Waals surface area contributed by atoms with Crippen molar-refractivity contribution in [1.82, 2.24) is 4.98 Å². The number of hydrogen-bond acceptors (Lipinski definition) is 6. The lowest BCUT2D eigenvalue weighted by molar-refractivity contribution is 0.102. The maximum absolute atomic E-state index is 12.5. The summed E-state index contributed by atoms with van der Waals surface area (Å²) in [4.78, 5) is 16.9. The van der Waals surface area contributed by atoms with E-state index in [1.165, 1.54) is 11.3 Å². The maximum Gasteiger partial charge on any atom is 0.255 e. The highest BCUT2D eigenvalue weighted by Gasteiger charge is 2.15. The molecule has 2 aromatic carbocycles. The minimum atomic E-state index is -0.162. The summed E-state index contributed by atoms with van der Waals surface area (Å²) in [5, 5.41) is 3.64. The van der Waals surface area contributed by atoms with Crippen molar-refractivity contribution in [3.05, 3.63) is 47.0 Å². The van der Waals surface area contributed by atoms with E-state index in [9.17, 15) is 4.79 Å². The van der Waals surface area contributed by atoms with Gasteiger partial charge in [-0.15, -0.1) is 0 Å². The largest absolute Gasteiger partial charge is 0.497 e. The van der Waals surface area contributed by atoms with Crippen LogP contribution in [0.3, 0.4) is 0 Å². The number of amides is 1. The molecule has 124 valence electrons. The summed E-state index contributed by atoms with van der Waals surface area (Å²) < 4.78 is 6.11. The smallest absolute Gasteiger partial charge is 0.255 e. The third kappa shape index (κ3) is 2.91. The highest BCUT2D eigenvalue weighted by Crippen LogP contribution is 2.35. The molecule has 0 bridgehead atoms. The lowest BCUT2D eigenvalue weighted by Crippen LogP contribution is -2.13. The highest BCUT2D eigenvalue weighted by atomic mass is 32.1. The van der Waals surface area contributed by atoms with Gasteiger partial charge in [-0.25, -0.2) is 10.8 Å². The molecule has 0 fully saturated rings. The summed E-state index contributed by atoms with van der Waals surface area (Å²) in [5.41, 5.74) is 6.74. The third-order valence-electron chi connectivity index (χ3n) is 3.83. The first-order chi connectivity index (χ1) is 11.5. The van der Waals surface area contributed by atoms with Gasteiger partial charge >= 0.3 is 0 Å². The molecule has 1 aromatic heterocycles. The van der Waals surface area contributed by atoms with Crippen LogP contribution in [0.5, 0.6) is 5.75 Å². The predicted molar refractivity (Wildman–Crippen MR) is 97.9 cm³/mol. The van der Waals surface area contributed by atoms with Gasteiger partial charge in [0.15, 0.2) is 5.13 Å². The normalized spacial score (nSPS) is 10.7. The number of nitrogens with two attached hydrogens (primary N) is 1. The third-order valence-corrected chi connectivity index (χ3v) is 4.95. The van der Waals surface area contributed by atoms with Gasteiger partial charge in [0.2, 0.25) is 0 Å². The zero-order chi connectivity index (χ0) is 17.3. The highest BCUT2D eigenvalue weighted by molar-refractivity contribution is 7.22. The minimum Gasteiger partial charge on any atom is -0.497 e. The van der Waals surface area contributed by atoms with Crippen LogP contribution in [-0.2, 0) is 0 Å². The molecule has 0 saturated heterocycles. The average Bonchev–Trinajstić information content (AvgIpc) is 3.01. The fraction of sp³-hybridized carbons (Fsp3) is 0.176. The number of anilines is 2. The van der Waals surface area contributed by atoms with Crippen LogP contribution < -0.4 is 21.3 Å². The van der Waals surface area contributed by atoms with Crippen molar-refractivity contribution < 1.29 is 9.53 Å². The molecule has 0 aliphatic heterocycles. The van der Waals surface area contributed by atoms with E-state index < -0.39 is 0 Å². The van der Waals surface area contributed by atoms with Gasteiger partial charge in [0.1, 0.15) is 5.75 Å². The Hall–Kier alpha value is -2.64. The Kier molecular flexibility index (Phi) is 4.37. The van der Waals surface area contributed by atoms with Crippen molar-refractivity contribution in [2.24, 2.45) is 5.84 Å². The van der Waals surface area contributed by atoms with Gasteiger partial charge in [0.25, 0.3) is 5.91 Å². The number of nitrogens with zero attached hydrogens (tertiary/aromatic N) is 1. The van der Waals surface area contributed by atoms with Crippen LogP contribution in [0, 0.1) is 13.8 Å². The second-order valence-electron chi connectivity index (χ2n) is 5.39. The molecule has 4 N–H and O–H groups in total. The number of carbonyl (C=O) groups is 1. The molecule has 7 heteroatoms. The fourth-order valence-electron chi connectivity index (χ4n) is 2.57.